The monoisotopic (exact) mass is 326 g/mol. The van der Waals surface area contributed by atoms with Gasteiger partial charge in [-0.2, -0.15) is 0 Å². The molecule has 106 valence electrons. The predicted molar refractivity (Wildman–Crippen MR) is 82.9 cm³/mol. The third kappa shape index (κ3) is 4.79. The van der Waals surface area contributed by atoms with Crippen molar-refractivity contribution in [3.63, 3.8) is 0 Å². The maximum Gasteiger partial charge on any atom is 0.122 e. The summed E-state index contributed by atoms with van der Waals surface area (Å²) >= 11 is 3.51. The third-order valence-corrected chi connectivity index (χ3v) is 4.11. The van der Waals surface area contributed by atoms with Crippen molar-refractivity contribution in [3.05, 3.63) is 28.2 Å². The number of benzene rings is 1. The fourth-order valence-electron chi connectivity index (χ4n) is 2.54. The van der Waals surface area contributed by atoms with Gasteiger partial charge in [0.2, 0.25) is 0 Å². The van der Waals surface area contributed by atoms with Crippen molar-refractivity contribution in [2.24, 2.45) is 0 Å². The van der Waals surface area contributed by atoms with Crippen LogP contribution in [-0.4, -0.2) is 32.8 Å². The van der Waals surface area contributed by atoms with Crippen LogP contribution in [0.5, 0.6) is 5.75 Å². The number of piperidine rings is 1. The number of hydrogen-bond acceptors (Lipinski definition) is 3. The van der Waals surface area contributed by atoms with Gasteiger partial charge in [-0.15, -0.1) is 0 Å². The Balaban J connectivity index is 1.74. The van der Waals surface area contributed by atoms with E-state index < -0.39 is 0 Å². The molecule has 1 saturated heterocycles. The second kappa shape index (κ2) is 7.88. The summed E-state index contributed by atoms with van der Waals surface area (Å²) in [7, 11) is 1.73. The van der Waals surface area contributed by atoms with Crippen molar-refractivity contribution in [2.75, 3.05) is 26.7 Å². The van der Waals surface area contributed by atoms with Crippen LogP contribution in [0.3, 0.4) is 0 Å². The highest BCUT2D eigenvalue weighted by Gasteiger charge is 2.11. The summed E-state index contributed by atoms with van der Waals surface area (Å²) in [6.45, 7) is 3.23. The Morgan fingerprint density at radius 3 is 3.05 bits per heavy atom. The summed E-state index contributed by atoms with van der Waals surface area (Å²) in [6, 6.07) is 6.82. The second-order valence-electron chi connectivity index (χ2n) is 5.06. The van der Waals surface area contributed by atoms with Crippen molar-refractivity contribution < 1.29 is 4.74 Å². The van der Waals surface area contributed by atoms with Gasteiger partial charge in [0.15, 0.2) is 0 Å². The smallest absolute Gasteiger partial charge is 0.122 e. The summed E-state index contributed by atoms with van der Waals surface area (Å²) in [5.74, 6) is 0.973. The van der Waals surface area contributed by atoms with Crippen LogP contribution < -0.4 is 15.4 Å². The molecule has 0 bridgehead atoms. The highest BCUT2D eigenvalue weighted by Crippen LogP contribution is 2.23. The Labute approximate surface area is 124 Å². The number of methoxy groups -OCH3 is 1. The Hall–Kier alpha value is -0.580. The minimum absolute atomic E-state index is 0.651. The molecule has 1 unspecified atom stereocenters. The number of nitrogens with one attached hydrogen (secondary N) is 2. The summed E-state index contributed by atoms with van der Waals surface area (Å²) in [5.41, 5.74) is 1.25. The normalized spacial score (nSPS) is 19.4. The summed E-state index contributed by atoms with van der Waals surface area (Å²) in [6.07, 6.45) is 4.98. The SMILES string of the molecule is COc1ccc(Br)cc1CCNCC1CCCCN1. The number of ether oxygens (including phenoxy) is 1. The van der Waals surface area contributed by atoms with Gasteiger partial charge in [-0.1, -0.05) is 22.4 Å². The van der Waals surface area contributed by atoms with Crippen LogP contribution in [0.1, 0.15) is 24.8 Å². The molecule has 1 heterocycles. The molecule has 1 atom stereocenters. The molecule has 1 aliphatic rings. The van der Waals surface area contributed by atoms with E-state index in [1.807, 2.05) is 12.1 Å². The van der Waals surface area contributed by atoms with Crippen molar-refractivity contribution in [3.8, 4) is 5.75 Å². The molecule has 0 spiro atoms. The van der Waals surface area contributed by atoms with Crippen molar-refractivity contribution in [2.45, 2.75) is 31.7 Å². The van der Waals surface area contributed by atoms with Gasteiger partial charge in [0.1, 0.15) is 5.75 Å². The largest absolute Gasteiger partial charge is 0.496 e. The van der Waals surface area contributed by atoms with Crippen LogP contribution in [0.15, 0.2) is 22.7 Å². The zero-order chi connectivity index (χ0) is 13.5. The zero-order valence-corrected chi connectivity index (χ0v) is 13.1. The van der Waals surface area contributed by atoms with E-state index in [0.29, 0.717) is 6.04 Å². The Kier molecular flexibility index (Phi) is 6.14. The molecule has 1 fully saturated rings. The van der Waals surface area contributed by atoms with E-state index in [9.17, 15) is 0 Å². The van der Waals surface area contributed by atoms with E-state index in [4.69, 9.17) is 4.74 Å². The first-order valence-electron chi connectivity index (χ1n) is 7.06. The van der Waals surface area contributed by atoms with Gasteiger partial charge in [-0.05, 0) is 56.1 Å². The van der Waals surface area contributed by atoms with Crippen LogP contribution in [0.25, 0.3) is 0 Å². The predicted octanol–water partition coefficient (Wildman–Crippen LogP) is 2.73. The maximum atomic E-state index is 5.39. The topological polar surface area (TPSA) is 33.3 Å². The minimum atomic E-state index is 0.651. The number of hydrogen-bond donors (Lipinski definition) is 2. The standard InChI is InChI=1S/C15H23BrN2O/c1-19-15-6-5-13(16)10-12(15)7-9-17-11-14-4-2-3-8-18-14/h5-6,10,14,17-18H,2-4,7-9,11H2,1H3. The third-order valence-electron chi connectivity index (χ3n) is 3.62. The van der Waals surface area contributed by atoms with Gasteiger partial charge in [-0.25, -0.2) is 0 Å². The van der Waals surface area contributed by atoms with Crippen LogP contribution in [0.2, 0.25) is 0 Å². The highest BCUT2D eigenvalue weighted by molar-refractivity contribution is 9.10. The quantitative estimate of drug-likeness (QED) is 0.788. The lowest BCUT2D eigenvalue weighted by atomic mass is 10.1. The molecule has 1 aliphatic heterocycles. The molecule has 19 heavy (non-hydrogen) atoms. The second-order valence-corrected chi connectivity index (χ2v) is 5.97. The molecule has 0 aliphatic carbocycles. The van der Waals surface area contributed by atoms with Crippen LogP contribution in [0, 0.1) is 0 Å². The minimum Gasteiger partial charge on any atom is -0.496 e. The van der Waals surface area contributed by atoms with E-state index in [1.54, 1.807) is 7.11 Å². The van der Waals surface area contributed by atoms with Gasteiger partial charge in [0.25, 0.3) is 0 Å². The van der Waals surface area contributed by atoms with Crippen LogP contribution >= 0.6 is 15.9 Å². The Morgan fingerprint density at radius 1 is 1.42 bits per heavy atom. The molecule has 1 aromatic rings. The van der Waals surface area contributed by atoms with Gasteiger partial charge in [0, 0.05) is 17.1 Å². The molecule has 0 saturated carbocycles. The first-order valence-corrected chi connectivity index (χ1v) is 7.85. The zero-order valence-electron chi connectivity index (χ0n) is 11.5. The molecule has 4 heteroatoms. The van der Waals surface area contributed by atoms with Gasteiger partial charge in [-0.3, -0.25) is 0 Å². The average molecular weight is 327 g/mol. The van der Waals surface area contributed by atoms with Crippen LogP contribution in [0.4, 0.5) is 0 Å². The molecule has 0 aromatic heterocycles. The summed E-state index contributed by atoms with van der Waals surface area (Å²) < 4.78 is 6.49. The van der Waals surface area contributed by atoms with Gasteiger partial charge in [0.05, 0.1) is 7.11 Å². The molecule has 2 rings (SSSR count). The first kappa shape index (κ1) is 14.8. The van der Waals surface area contributed by atoms with E-state index in [0.717, 1.165) is 29.7 Å². The molecule has 0 amide bonds. The fraction of sp³-hybridized carbons (Fsp3) is 0.600. The van der Waals surface area contributed by atoms with Crippen LogP contribution in [-0.2, 0) is 6.42 Å². The number of rotatable bonds is 6. The Bertz CT molecular complexity index is 392. The molecule has 3 nitrogen and oxygen atoms in total. The van der Waals surface area contributed by atoms with E-state index >= 15 is 0 Å². The number of halogens is 1. The lowest BCUT2D eigenvalue weighted by Gasteiger charge is -2.23. The molecule has 1 aromatic carbocycles. The first-order chi connectivity index (χ1) is 9.29. The Morgan fingerprint density at radius 2 is 2.32 bits per heavy atom. The summed E-state index contributed by atoms with van der Waals surface area (Å²) in [5, 5.41) is 7.10. The summed E-state index contributed by atoms with van der Waals surface area (Å²) in [4.78, 5) is 0. The molecular formula is C15H23BrN2O. The van der Waals surface area contributed by atoms with Gasteiger partial charge >= 0.3 is 0 Å². The maximum absolute atomic E-state index is 5.39. The van der Waals surface area contributed by atoms with E-state index in [2.05, 4.69) is 32.6 Å². The lowest BCUT2D eigenvalue weighted by Crippen LogP contribution is -2.42. The van der Waals surface area contributed by atoms with Crippen molar-refractivity contribution in [1.82, 2.24) is 10.6 Å². The highest BCUT2D eigenvalue weighted by atomic mass is 79.9. The van der Waals surface area contributed by atoms with Gasteiger partial charge < -0.3 is 15.4 Å². The van der Waals surface area contributed by atoms with Crippen molar-refractivity contribution in [1.29, 1.82) is 0 Å². The average Bonchev–Trinajstić information content (AvgIpc) is 2.45. The van der Waals surface area contributed by atoms with E-state index in [1.165, 1.54) is 31.4 Å². The lowest BCUT2D eigenvalue weighted by molar-refractivity contribution is 0.383. The van der Waals surface area contributed by atoms with E-state index in [-0.39, 0.29) is 0 Å². The fourth-order valence-corrected chi connectivity index (χ4v) is 2.95. The molecular weight excluding hydrogens is 304 g/mol. The molecule has 2 N–H and O–H groups in total. The van der Waals surface area contributed by atoms with Crippen molar-refractivity contribution >= 4 is 15.9 Å². The molecule has 0 radical (unpaired) electrons.